The maximum atomic E-state index is 6.08. The van der Waals surface area contributed by atoms with E-state index in [0.29, 0.717) is 11.6 Å². The van der Waals surface area contributed by atoms with Crippen molar-refractivity contribution in [1.82, 2.24) is 20.0 Å². The van der Waals surface area contributed by atoms with Crippen molar-refractivity contribution in [2.75, 3.05) is 5.73 Å². The Kier molecular flexibility index (Phi) is 3.56. The summed E-state index contributed by atoms with van der Waals surface area (Å²) in [6.45, 7) is 6.54. The van der Waals surface area contributed by atoms with Crippen molar-refractivity contribution in [2.24, 2.45) is 5.41 Å². The molecule has 0 bridgehead atoms. The van der Waals surface area contributed by atoms with Gasteiger partial charge in [0.25, 0.3) is 0 Å². The SMILES string of the molecule is CC(C)(C)Cc1nn(-c2cccnn2)c(N)c1I. The van der Waals surface area contributed by atoms with Crippen LogP contribution in [-0.2, 0) is 6.42 Å². The van der Waals surface area contributed by atoms with Gasteiger partial charge in [-0.1, -0.05) is 20.8 Å². The molecule has 0 radical (unpaired) electrons. The minimum atomic E-state index is 0.175. The van der Waals surface area contributed by atoms with E-state index in [1.54, 1.807) is 10.9 Å². The lowest BCUT2D eigenvalue weighted by atomic mass is 9.91. The van der Waals surface area contributed by atoms with Gasteiger partial charge >= 0.3 is 0 Å². The standard InChI is InChI=1S/C12H16IN5/c1-12(2,3)7-8-10(13)11(14)18(17-8)9-5-4-6-15-16-9/h4-6H,7,14H2,1-3H3. The van der Waals surface area contributed by atoms with Gasteiger partial charge in [-0.05, 0) is 46.6 Å². The van der Waals surface area contributed by atoms with Crippen LogP contribution in [0.25, 0.3) is 5.82 Å². The van der Waals surface area contributed by atoms with E-state index in [2.05, 4.69) is 58.7 Å². The van der Waals surface area contributed by atoms with Crippen LogP contribution in [0.15, 0.2) is 18.3 Å². The average Bonchev–Trinajstić information content (AvgIpc) is 2.57. The fourth-order valence-corrected chi connectivity index (χ4v) is 2.18. The number of aromatic nitrogens is 4. The second kappa shape index (κ2) is 4.83. The molecule has 5 nitrogen and oxygen atoms in total. The Morgan fingerprint density at radius 3 is 2.67 bits per heavy atom. The van der Waals surface area contributed by atoms with E-state index in [4.69, 9.17) is 5.73 Å². The van der Waals surface area contributed by atoms with Crippen molar-refractivity contribution in [2.45, 2.75) is 27.2 Å². The van der Waals surface area contributed by atoms with Gasteiger partial charge < -0.3 is 5.73 Å². The lowest BCUT2D eigenvalue weighted by molar-refractivity contribution is 0.404. The second-order valence-corrected chi connectivity index (χ2v) is 6.46. The molecule has 0 aromatic carbocycles. The maximum Gasteiger partial charge on any atom is 0.178 e. The molecule has 0 saturated carbocycles. The molecule has 96 valence electrons. The normalized spacial score (nSPS) is 11.8. The fourth-order valence-electron chi connectivity index (χ4n) is 1.66. The quantitative estimate of drug-likeness (QED) is 0.839. The highest BCUT2D eigenvalue weighted by Crippen LogP contribution is 2.27. The number of rotatable bonds is 2. The van der Waals surface area contributed by atoms with Crippen LogP contribution in [0.1, 0.15) is 26.5 Å². The van der Waals surface area contributed by atoms with Crippen LogP contribution in [0.5, 0.6) is 0 Å². The number of nitrogen functional groups attached to an aromatic ring is 1. The number of halogens is 1. The first-order valence-electron chi connectivity index (χ1n) is 5.69. The molecule has 2 rings (SSSR count). The van der Waals surface area contributed by atoms with Crippen LogP contribution in [0.4, 0.5) is 5.82 Å². The van der Waals surface area contributed by atoms with Gasteiger partial charge in [-0.3, -0.25) is 0 Å². The Bertz CT molecular complexity index is 542. The summed E-state index contributed by atoms with van der Waals surface area (Å²) in [6.07, 6.45) is 2.51. The Hall–Kier alpha value is -1.18. The van der Waals surface area contributed by atoms with Crippen molar-refractivity contribution >= 4 is 28.4 Å². The minimum absolute atomic E-state index is 0.175. The third-order valence-electron chi connectivity index (χ3n) is 2.40. The minimum Gasteiger partial charge on any atom is -0.383 e. The van der Waals surface area contributed by atoms with Crippen LogP contribution in [0, 0.1) is 8.99 Å². The first-order chi connectivity index (χ1) is 8.38. The van der Waals surface area contributed by atoms with Crippen molar-refractivity contribution in [1.29, 1.82) is 0 Å². The van der Waals surface area contributed by atoms with Crippen molar-refractivity contribution in [3.63, 3.8) is 0 Å². The molecule has 0 unspecified atom stereocenters. The van der Waals surface area contributed by atoms with E-state index in [1.165, 1.54) is 0 Å². The summed E-state index contributed by atoms with van der Waals surface area (Å²) in [4.78, 5) is 0. The summed E-state index contributed by atoms with van der Waals surface area (Å²) in [5.74, 6) is 1.27. The largest absolute Gasteiger partial charge is 0.383 e. The second-order valence-electron chi connectivity index (χ2n) is 5.38. The van der Waals surface area contributed by atoms with Crippen LogP contribution in [0.2, 0.25) is 0 Å². The van der Waals surface area contributed by atoms with Gasteiger partial charge in [-0.2, -0.15) is 14.9 Å². The van der Waals surface area contributed by atoms with Crippen LogP contribution in [0.3, 0.4) is 0 Å². The third kappa shape index (κ3) is 2.80. The molecule has 6 heteroatoms. The van der Waals surface area contributed by atoms with E-state index in [0.717, 1.165) is 15.7 Å². The first kappa shape index (κ1) is 13.3. The summed E-state index contributed by atoms with van der Waals surface area (Å²) in [5.41, 5.74) is 7.26. The van der Waals surface area contributed by atoms with Crippen LogP contribution >= 0.6 is 22.6 Å². The summed E-state index contributed by atoms with van der Waals surface area (Å²) < 4.78 is 2.64. The van der Waals surface area contributed by atoms with Gasteiger partial charge in [-0.15, -0.1) is 5.10 Å². The van der Waals surface area contributed by atoms with Crippen molar-refractivity contribution in [3.8, 4) is 5.82 Å². The van der Waals surface area contributed by atoms with Gasteiger partial charge in [0.15, 0.2) is 5.82 Å². The number of hydrogen-bond acceptors (Lipinski definition) is 4. The van der Waals surface area contributed by atoms with E-state index >= 15 is 0 Å². The first-order valence-corrected chi connectivity index (χ1v) is 6.77. The zero-order valence-corrected chi connectivity index (χ0v) is 12.8. The Morgan fingerprint density at radius 2 is 2.11 bits per heavy atom. The molecule has 2 heterocycles. The molecule has 0 saturated heterocycles. The van der Waals surface area contributed by atoms with Crippen molar-refractivity contribution < 1.29 is 0 Å². The lowest BCUT2D eigenvalue weighted by Gasteiger charge is -2.16. The molecule has 0 spiro atoms. The number of anilines is 1. The zero-order chi connectivity index (χ0) is 13.3. The third-order valence-corrected chi connectivity index (χ3v) is 3.58. The predicted molar refractivity (Wildman–Crippen MR) is 79.4 cm³/mol. The van der Waals surface area contributed by atoms with E-state index < -0.39 is 0 Å². The molecule has 0 atom stereocenters. The maximum absolute atomic E-state index is 6.08. The monoisotopic (exact) mass is 357 g/mol. The zero-order valence-electron chi connectivity index (χ0n) is 10.7. The molecule has 2 aromatic rings. The molecule has 0 aliphatic heterocycles. The highest BCUT2D eigenvalue weighted by molar-refractivity contribution is 14.1. The number of hydrogen-bond donors (Lipinski definition) is 1. The predicted octanol–water partition coefficient (Wildman–Crippen LogP) is 2.44. The summed E-state index contributed by atoms with van der Waals surface area (Å²) >= 11 is 2.24. The van der Waals surface area contributed by atoms with Crippen molar-refractivity contribution in [3.05, 3.63) is 27.6 Å². The Labute approximate surface area is 120 Å². The molecule has 0 amide bonds. The Balaban J connectivity index is 2.43. The van der Waals surface area contributed by atoms with Crippen LogP contribution in [-0.4, -0.2) is 20.0 Å². The van der Waals surface area contributed by atoms with E-state index in [-0.39, 0.29) is 5.41 Å². The van der Waals surface area contributed by atoms with Gasteiger partial charge in [0.2, 0.25) is 0 Å². The highest BCUT2D eigenvalue weighted by atomic mass is 127. The number of nitrogens with zero attached hydrogens (tertiary/aromatic N) is 4. The molecule has 2 aromatic heterocycles. The molecule has 0 fully saturated rings. The molecule has 0 aliphatic carbocycles. The van der Waals surface area contributed by atoms with Gasteiger partial charge in [0, 0.05) is 6.20 Å². The fraction of sp³-hybridized carbons (Fsp3) is 0.417. The van der Waals surface area contributed by atoms with E-state index in [1.807, 2.05) is 12.1 Å². The summed E-state index contributed by atoms with van der Waals surface area (Å²) in [6, 6.07) is 3.66. The molecule has 0 aliphatic rings. The van der Waals surface area contributed by atoms with E-state index in [9.17, 15) is 0 Å². The molecule has 2 N–H and O–H groups in total. The smallest absolute Gasteiger partial charge is 0.178 e. The topological polar surface area (TPSA) is 69.6 Å². The number of nitrogens with two attached hydrogens (primary N) is 1. The average molecular weight is 357 g/mol. The van der Waals surface area contributed by atoms with Crippen LogP contribution < -0.4 is 5.73 Å². The highest BCUT2D eigenvalue weighted by Gasteiger charge is 2.20. The molecular formula is C12H16IN5. The molecular weight excluding hydrogens is 341 g/mol. The summed E-state index contributed by atoms with van der Waals surface area (Å²) in [5, 5.41) is 12.4. The molecule has 18 heavy (non-hydrogen) atoms. The summed E-state index contributed by atoms with van der Waals surface area (Å²) in [7, 11) is 0. The lowest BCUT2D eigenvalue weighted by Crippen LogP contribution is -2.11. The Morgan fingerprint density at radius 1 is 1.39 bits per heavy atom. The van der Waals surface area contributed by atoms with Gasteiger partial charge in [0.1, 0.15) is 5.82 Å². The van der Waals surface area contributed by atoms with Gasteiger partial charge in [-0.25, -0.2) is 0 Å². The van der Waals surface area contributed by atoms with Gasteiger partial charge in [0.05, 0.1) is 9.26 Å².